The molecule has 2 rings (SSSR count). The fraction of sp³-hybridized carbons (Fsp3) is 0.250. The molecule has 2 aromatic rings. The van der Waals surface area contributed by atoms with Gasteiger partial charge in [0.25, 0.3) is 0 Å². The van der Waals surface area contributed by atoms with Crippen LogP contribution < -0.4 is 0 Å². The number of nitrogens with zero attached hydrogens (tertiary/aromatic N) is 2. The van der Waals surface area contributed by atoms with Gasteiger partial charge in [0.1, 0.15) is 5.82 Å². The normalized spacial score (nSPS) is 12.7. The zero-order chi connectivity index (χ0) is 12.4. The molecular formula is C12H12BrFN2O. The van der Waals surface area contributed by atoms with E-state index in [0.717, 1.165) is 5.56 Å². The Morgan fingerprint density at radius 3 is 2.88 bits per heavy atom. The number of benzene rings is 1. The molecule has 17 heavy (non-hydrogen) atoms. The van der Waals surface area contributed by atoms with Gasteiger partial charge in [-0.15, -0.1) is 0 Å². The summed E-state index contributed by atoms with van der Waals surface area (Å²) in [5.41, 5.74) is 1.48. The summed E-state index contributed by atoms with van der Waals surface area (Å²) in [6.45, 7) is 0. The molecule has 0 aliphatic rings. The van der Waals surface area contributed by atoms with Gasteiger partial charge in [0.05, 0.1) is 16.8 Å². The van der Waals surface area contributed by atoms with Crippen molar-refractivity contribution in [2.45, 2.75) is 12.5 Å². The van der Waals surface area contributed by atoms with Gasteiger partial charge in [0.2, 0.25) is 0 Å². The Labute approximate surface area is 107 Å². The first kappa shape index (κ1) is 12.3. The van der Waals surface area contributed by atoms with Gasteiger partial charge >= 0.3 is 0 Å². The maximum atomic E-state index is 13.3. The molecule has 0 amide bonds. The van der Waals surface area contributed by atoms with Crippen molar-refractivity contribution in [1.29, 1.82) is 0 Å². The van der Waals surface area contributed by atoms with Gasteiger partial charge in [-0.05, 0) is 39.2 Å². The topological polar surface area (TPSA) is 38.0 Å². The minimum Gasteiger partial charge on any atom is -0.388 e. The fourth-order valence-corrected chi connectivity index (χ4v) is 1.88. The summed E-state index contributed by atoms with van der Waals surface area (Å²) in [5.74, 6) is -0.368. The van der Waals surface area contributed by atoms with Crippen molar-refractivity contribution in [3.63, 3.8) is 0 Å². The Morgan fingerprint density at radius 1 is 1.53 bits per heavy atom. The molecule has 1 N–H and O–H groups in total. The van der Waals surface area contributed by atoms with Gasteiger partial charge in [-0.3, -0.25) is 4.68 Å². The predicted molar refractivity (Wildman–Crippen MR) is 66.0 cm³/mol. The standard InChI is InChI=1S/C12H12BrFN2O/c1-16-7-8(6-15-16)4-12(17)9-2-3-10(13)11(14)5-9/h2-3,5-7,12,17H,4H2,1H3. The number of halogens is 2. The second-order valence-electron chi connectivity index (χ2n) is 3.92. The van der Waals surface area contributed by atoms with Crippen LogP contribution in [0.2, 0.25) is 0 Å². The van der Waals surface area contributed by atoms with E-state index < -0.39 is 6.10 Å². The van der Waals surface area contributed by atoms with Gasteiger partial charge in [-0.1, -0.05) is 6.07 Å². The number of hydrogen-bond donors (Lipinski definition) is 1. The molecule has 1 unspecified atom stereocenters. The Morgan fingerprint density at radius 2 is 2.29 bits per heavy atom. The van der Waals surface area contributed by atoms with Crippen LogP contribution in [0.1, 0.15) is 17.2 Å². The van der Waals surface area contributed by atoms with Crippen molar-refractivity contribution in [1.82, 2.24) is 9.78 Å². The molecule has 0 bridgehead atoms. The van der Waals surface area contributed by atoms with Crippen molar-refractivity contribution < 1.29 is 9.50 Å². The van der Waals surface area contributed by atoms with E-state index in [2.05, 4.69) is 21.0 Å². The van der Waals surface area contributed by atoms with Crippen LogP contribution in [-0.4, -0.2) is 14.9 Å². The molecule has 1 atom stereocenters. The third-order valence-electron chi connectivity index (χ3n) is 2.52. The molecule has 0 fully saturated rings. The first-order valence-electron chi connectivity index (χ1n) is 5.17. The molecule has 0 radical (unpaired) electrons. The SMILES string of the molecule is Cn1cc(CC(O)c2ccc(Br)c(F)c2)cn1. The van der Waals surface area contributed by atoms with Gasteiger partial charge in [0.15, 0.2) is 0 Å². The minimum atomic E-state index is -0.721. The lowest BCUT2D eigenvalue weighted by Crippen LogP contribution is -2.01. The number of aryl methyl sites for hydroxylation is 1. The molecular weight excluding hydrogens is 287 g/mol. The highest BCUT2D eigenvalue weighted by Gasteiger charge is 2.11. The van der Waals surface area contributed by atoms with E-state index in [0.29, 0.717) is 16.5 Å². The molecule has 5 heteroatoms. The van der Waals surface area contributed by atoms with Crippen molar-refractivity contribution in [2.75, 3.05) is 0 Å². The first-order chi connectivity index (χ1) is 8.06. The van der Waals surface area contributed by atoms with E-state index in [1.807, 2.05) is 13.2 Å². The third kappa shape index (κ3) is 2.92. The van der Waals surface area contributed by atoms with E-state index in [1.54, 1.807) is 23.0 Å². The van der Waals surface area contributed by atoms with E-state index in [9.17, 15) is 9.50 Å². The summed E-state index contributed by atoms with van der Waals surface area (Å²) in [7, 11) is 1.81. The van der Waals surface area contributed by atoms with Crippen molar-refractivity contribution in [2.24, 2.45) is 7.05 Å². The molecule has 90 valence electrons. The lowest BCUT2D eigenvalue weighted by atomic mass is 10.0. The lowest BCUT2D eigenvalue weighted by Gasteiger charge is -2.10. The quantitative estimate of drug-likeness (QED) is 0.946. The number of aromatic nitrogens is 2. The largest absolute Gasteiger partial charge is 0.388 e. The van der Waals surface area contributed by atoms with Crippen LogP contribution in [0.15, 0.2) is 35.1 Å². The highest BCUT2D eigenvalue weighted by atomic mass is 79.9. The second kappa shape index (κ2) is 4.98. The average molecular weight is 299 g/mol. The molecule has 1 aromatic carbocycles. The van der Waals surface area contributed by atoms with Gasteiger partial charge in [-0.2, -0.15) is 5.10 Å². The first-order valence-corrected chi connectivity index (χ1v) is 5.96. The second-order valence-corrected chi connectivity index (χ2v) is 4.77. The summed E-state index contributed by atoms with van der Waals surface area (Å²) >= 11 is 3.08. The van der Waals surface area contributed by atoms with Gasteiger partial charge < -0.3 is 5.11 Å². The van der Waals surface area contributed by atoms with E-state index in [4.69, 9.17) is 0 Å². The number of rotatable bonds is 3. The molecule has 0 aliphatic carbocycles. The monoisotopic (exact) mass is 298 g/mol. The zero-order valence-electron chi connectivity index (χ0n) is 9.27. The maximum Gasteiger partial charge on any atom is 0.137 e. The summed E-state index contributed by atoms with van der Waals surface area (Å²) < 4.78 is 15.4. The Kier molecular flexibility index (Phi) is 3.59. The van der Waals surface area contributed by atoms with Crippen molar-refractivity contribution >= 4 is 15.9 Å². The van der Waals surface area contributed by atoms with E-state index >= 15 is 0 Å². The van der Waals surface area contributed by atoms with Gasteiger partial charge in [-0.25, -0.2) is 4.39 Å². The summed E-state index contributed by atoms with van der Waals surface area (Å²) in [6, 6.07) is 4.64. The van der Waals surface area contributed by atoms with Crippen LogP contribution in [0.25, 0.3) is 0 Å². The van der Waals surface area contributed by atoms with Crippen LogP contribution in [0.3, 0.4) is 0 Å². The maximum absolute atomic E-state index is 13.3. The summed E-state index contributed by atoms with van der Waals surface area (Å²) in [6.07, 6.45) is 3.23. The summed E-state index contributed by atoms with van der Waals surface area (Å²) in [4.78, 5) is 0. The van der Waals surface area contributed by atoms with Crippen LogP contribution in [0, 0.1) is 5.82 Å². The average Bonchev–Trinajstić information content (AvgIpc) is 2.68. The van der Waals surface area contributed by atoms with E-state index in [1.165, 1.54) is 6.07 Å². The fourth-order valence-electron chi connectivity index (χ4n) is 1.64. The Hall–Kier alpha value is -1.20. The molecule has 1 aromatic heterocycles. The van der Waals surface area contributed by atoms with Gasteiger partial charge in [0, 0.05) is 19.7 Å². The van der Waals surface area contributed by atoms with Crippen LogP contribution >= 0.6 is 15.9 Å². The highest BCUT2D eigenvalue weighted by molar-refractivity contribution is 9.10. The molecule has 0 aliphatic heterocycles. The van der Waals surface area contributed by atoms with Crippen LogP contribution in [-0.2, 0) is 13.5 Å². The number of aliphatic hydroxyl groups excluding tert-OH is 1. The zero-order valence-corrected chi connectivity index (χ0v) is 10.9. The van der Waals surface area contributed by atoms with Crippen LogP contribution in [0.5, 0.6) is 0 Å². The van der Waals surface area contributed by atoms with E-state index in [-0.39, 0.29) is 5.82 Å². The molecule has 0 saturated heterocycles. The molecule has 0 spiro atoms. The smallest absolute Gasteiger partial charge is 0.137 e. The predicted octanol–water partition coefficient (Wildman–Crippen LogP) is 2.60. The molecule has 3 nitrogen and oxygen atoms in total. The van der Waals surface area contributed by atoms with Crippen molar-refractivity contribution in [3.05, 3.63) is 52.0 Å². The number of hydrogen-bond acceptors (Lipinski definition) is 2. The lowest BCUT2D eigenvalue weighted by molar-refractivity contribution is 0.178. The molecule has 0 saturated carbocycles. The third-order valence-corrected chi connectivity index (χ3v) is 3.16. The number of aliphatic hydroxyl groups is 1. The summed E-state index contributed by atoms with van der Waals surface area (Å²) in [5, 5.41) is 14.0. The van der Waals surface area contributed by atoms with Crippen LogP contribution in [0.4, 0.5) is 4.39 Å². The minimum absolute atomic E-state index is 0.368. The molecule has 1 heterocycles. The highest BCUT2D eigenvalue weighted by Crippen LogP contribution is 2.23. The Bertz CT molecular complexity index is 527. The van der Waals surface area contributed by atoms with Crippen molar-refractivity contribution in [3.8, 4) is 0 Å². The Balaban J connectivity index is 2.14.